The highest BCUT2D eigenvalue weighted by molar-refractivity contribution is 6.31. The van der Waals surface area contributed by atoms with Crippen LogP contribution in [-0.4, -0.2) is 46.3 Å². The van der Waals surface area contributed by atoms with E-state index >= 15 is 0 Å². The van der Waals surface area contributed by atoms with E-state index in [1.165, 1.54) is 12.1 Å². The Kier molecular flexibility index (Phi) is 9.37. The topological polar surface area (TPSA) is 114 Å². The molecule has 0 spiro atoms. The SMILES string of the molecule is CC.O=C1CN=C(c2ccc(C(F)(F)F)cc2)c2[nH]c3ccccc3c2N1.O=C1CN=C(c2ccc(Cl)cc2)c2[nH]c3ccccc3c2N1. The van der Waals surface area contributed by atoms with Crippen molar-refractivity contribution in [3.8, 4) is 0 Å². The molecule has 8 nitrogen and oxygen atoms in total. The number of benzene rings is 4. The average Bonchev–Trinajstić information content (AvgIpc) is 3.53. The summed E-state index contributed by atoms with van der Waals surface area (Å²) in [4.78, 5) is 39.3. The zero-order chi connectivity index (χ0) is 34.7. The van der Waals surface area contributed by atoms with Crippen molar-refractivity contribution in [1.29, 1.82) is 0 Å². The van der Waals surface area contributed by atoms with Crippen LogP contribution in [0.5, 0.6) is 0 Å². The summed E-state index contributed by atoms with van der Waals surface area (Å²) < 4.78 is 38.3. The predicted octanol–water partition coefficient (Wildman–Crippen LogP) is 8.61. The summed E-state index contributed by atoms with van der Waals surface area (Å²) in [5, 5.41) is 8.24. The molecule has 0 atom stereocenters. The average molecular weight is 683 g/mol. The van der Waals surface area contributed by atoms with E-state index in [2.05, 4.69) is 30.6 Å². The minimum Gasteiger partial charge on any atom is -0.351 e. The molecule has 4 heterocycles. The number of halogens is 4. The number of para-hydroxylation sites is 2. The smallest absolute Gasteiger partial charge is 0.351 e. The highest BCUT2D eigenvalue weighted by atomic mass is 35.5. The Balaban J connectivity index is 0.000000163. The van der Waals surface area contributed by atoms with Crippen molar-refractivity contribution in [2.45, 2.75) is 20.0 Å². The number of carbonyl (C=O) groups is 2. The van der Waals surface area contributed by atoms with Gasteiger partial charge in [-0.05, 0) is 36.4 Å². The minimum atomic E-state index is -4.40. The molecule has 8 rings (SSSR count). The number of carbonyl (C=O) groups excluding carboxylic acids is 2. The highest BCUT2D eigenvalue weighted by Crippen LogP contribution is 2.34. The lowest BCUT2D eigenvalue weighted by atomic mass is 10.0. The maximum atomic E-state index is 12.8. The number of nitrogens with zero attached hydrogens (tertiary/aromatic N) is 2. The van der Waals surface area contributed by atoms with Crippen molar-refractivity contribution in [2.75, 3.05) is 23.7 Å². The summed E-state index contributed by atoms with van der Waals surface area (Å²) in [6.07, 6.45) is -4.40. The van der Waals surface area contributed by atoms with Crippen molar-refractivity contribution in [3.05, 3.63) is 130 Å². The number of H-pyrrole nitrogens is 2. The number of amides is 2. The normalized spacial score (nSPS) is 14.0. The molecule has 49 heavy (non-hydrogen) atoms. The van der Waals surface area contributed by atoms with Crippen LogP contribution in [0.3, 0.4) is 0 Å². The summed E-state index contributed by atoms with van der Waals surface area (Å²) in [6.45, 7) is 4.02. The van der Waals surface area contributed by atoms with Crippen LogP contribution < -0.4 is 10.6 Å². The number of hydrogen-bond donors (Lipinski definition) is 4. The fourth-order valence-electron chi connectivity index (χ4n) is 5.61. The molecule has 6 aromatic rings. The zero-order valence-corrected chi connectivity index (χ0v) is 27.1. The molecule has 0 fully saturated rings. The summed E-state index contributed by atoms with van der Waals surface area (Å²) in [5.41, 5.74) is 6.51. The number of aromatic amines is 2. The Morgan fingerprint density at radius 2 is 1.02 bits per heavy atom. The van der Waals surface area contributed by atoms with E-state index < -0.39 is 11.7 Å². The van der Waals surface area contributed by atoms with Crippen molar-refractivity contribution >= 4 is 68.0 Å². The van der Waals surface area contributed by atoms with Crippen molar-refractivity contribution in [3.63, 3.8) is 0 Å². The van der Waals surface area contributed by atoms with Crippen LogP contribution in [0.2, 0.25) is 5.02 Å². The van der Waals surface area contributed by atoms with Gasteiger partial charge in [-0.3, -0.25) is 19.6 Å². The standard InChI is InChI=1S/C18H12F3N3O.C17H12ClN3O.C2H6/c19-18(20,21)11-7-5-10(6-8-11)15-17-16(24-14(25)9-22-15)12-3-1-2-4-13(12)23-17;18-11-7-5-10(6-8-11)15-17-16(21-14(22)9-19-15)12-3-1-2-4-13(12)20-17;1-2/h1-8,23H,9H2,(H,24,25);1-8,20H,9H2,(H,21,22);1-2H3. The fourth-order valence-corrected chi connectivity index (χ4v) is 5.74. The maximum absolute atomic E-state index is 12.8. The lowest BCUT2D eigenvalue weighted by molar-refractivity contribution is -0.137. The van der Waals surface area contributed by atoms with Crippen molar-refractivity contribution in [2.24, 2.45) is 9.98 Å². The van der Waals surface area contributed by atoms with Crippen LogP contribution in [-0.2, 0) is 15.8 Å². The molecule has 4 N–H and O–H groups in total. The van der Waals surface area contributed by atoms with Gasteiger partial charge in [0.1, 0.15) is 13.1 Å². The first-order valence-electron chi connectivity index (χ1n) is 15.5. The Bertz CT molecular complexity index is 2230. The minimum absolute atomic E-state index is 0.0901. The second kappa shape index (κ2) is 13.8. The van der Waals surface area contributed by atoms with Crippen molar-refractivity contribution in [1.82, 2.24) is 9.97 Å². The van der Waals surface area contributed by atoms with E-state index in [1.807, 2.05) is 86.6 Å². The molecule has 0 bridgehead atoms. The third kappa shape index (κ3) is 6.84. The Hall–Kier alpha value is -5.68. The van der Waals surface area contributed by atoms with E-state index in [4.69, 9.17) is 11.6 Å². The number of fused-ring (bicyclic) bond motifs is 6. The van der Waals surface area contributed by atoms with Gasteiger partial charge >= 0.3 is 6.18 Å². The maximum Gasteiger partial charge on any atom is 0.416 e. The number of alkyl halides is 3. The third-order valence-corrected chi connectivity index (χ3v) is 8.03. The summed E-state index contributed by atoms with van der Waals surface area (Å²) in [7, 11) is 0. The fraction of sp³-hybridized carbons (Fsp3) is 0.135. The quantitative estimate of drug-likeness (QED) is 0.147. The number of aromatic nitrogens is 2. The van der Waals surface area contributed by atoms with Crippen LogP contribution in [0.25, 0.3) is 21.8 Å². The van der Waals surface area contributed by atoms with Crippen LogP contribution >= 0.6 is 11.6 Å². The van der Waals surface area contributed by atoms with Crippen LogP contribution in [0.4, 0.5) is 24.5 Å². The molecule has 0 saturated carbocycles. The summed E-state index contributed by atoms with van der Waals surface area (Å²) in [6, 6.07) is 27.5. The zero-order valence-electron chi connectivity index (χ0n) is 26.4. The van der Waals surface area contributed by atoms with Gasteiger partial charge < -0.3 is 20.6 Å². The Morgan fingerprint density at radius 3 is 1.45 bits per heavy atom. The number of nitrogens with one attached hydrogen (secondary N) is 4. The number of rotatable bonds is 2. The van der Waals surface area contributed by atoms with Gasteiger partial charge in [0.15, 0.2) is 0 Å². The molecular weight excluding hydrogens is 653 g/mol. The summed E-state index contributed by atoms with van der Waals surface area (Å²) >= 11 is 5.96. The summed E-state index contributed by atoms with van der Waals surface area (Å²) in [5.74, 6) is -0.386. The van der Waals surface area contributed by atoms with Gasteiger partial charge in [-0.15, -0.1) is 0 Å². The van der Waals surface area contributed by atoms with E-state index in [-0.39, 0.29) is 24.9 Å². The molecule has 0 aliphatic carbocycles. The lowest BCUT2D eigenvalue weighted by Gasteiger charge is -2.09. The van der Waals surface area contributed by atoms with Gasteiger partial charge in [0.2, 0.25) is 11.8 Å². The highest BCUT2D eigenvalue weighted by Gasteiger charge is 2.31. The van der Waals surface area contributed by atoms with Gasteiger partial charge in [0.05, 0.1) is 39.7 Å². The van der Waals surface area contributed by atoms with Gasteiger partial charge in [-0.1, -0.05) is 86.1 Å². The molecule has 0 saturated heterocycles. The van der Waals surface area contributed by atoms with Crippen LogP contribution in [0, 0.1) is 0 Å². The van der Waals surface area contributed by atoms with Crippen molar-refractivity contribution < 1.29 is 22.8 Å². The van der Waals surface area contributed by atoms with Crippen LogP contribution in [0.1, 0.15) is 41.9 Å². The van der Waals surface area contributed by atoms with Crippen LogP contribution in [0.15, 0.2) is 107 Å². The Morgan fingerprint density at radius 1 is 0.612 bits per heavy atom. The van der Waals surface area contributed by atoms with Gasteiger partial charge in [-0.2, -0.15) is 13.2 Å². The lowest BCUT2D eigenvalue weighted by Crippen LogP contribution is -2.13. The molecule has 248 valence electrons. The number of aliphatic imine (C=N–C) groups is 2. The molecule has 0 radical (unpaired) electrons. The molecular formula is C37H30ClF3N6O2. The largest absolute Gasteiger partial charge is 0.416 e. The number of hydrogen-bond acceptors (Lipinski definition) is 4. The molecule has 2 aliphatic heterocycles. The van der Waals surface area contributed by atoms with E-state index in [9.17, 15) is 22.8 Å². The predicted molar refractivity (Wildman–Crippen MR) is 189 cm³/mol. The van der Waals surface area contributed by atoms with E-state index in [0.29, 0.717) is 27.7 Å². The first-order valence-corrected chi connectivity index (χ1v) is 15.9. The van der Waals surface area contributed by atoms with Gasteiger partial charge in [0.25, 0.3) is 0 Å². The molecule has 0 unspecified atom stereocenters. The third-order valence-electron chi connectivity index (χ3n) is 7.78. The van der Waals surface area contributed by atoms with E-state index in [0.717, 1.165) is 56.6 Å². The van der Waals surface area contributed by atoms with Gasteiger partial charge in [-0.25, -0.2) is 0 Å². The molecule has 2 aliphatic rings. The van der Waals surface area contributed by atoms with E-state index in [1.54, 1.807) is 0 Å². The second-order valence-corrected chi connectivity index (χ2v) is 11.3. The first kappa shape index (κ1) is 33.2. The second-order valence-electron chi connectivity index (χ2n) is 10.8. The molecule has 12 heteroatoms. The Labute approximate surface area is 284 Å². The van der Waals surface area contributed by atoms with Gasteiger partial charge in [0, 0.05) is 38.0 Å². The monoisotopic (exact) mass is 682 g/mol. The molecule has 2 amide bonds. The number of anilines is 2. The molecule has 2 aromatic heterocycles. The molecule has 4 aromatic carbocycles. The first-order chi connectivity index (χ1) is 23.7.